The van der Waals surface area contributed by atoms with Crippen LogP contribution in [0.15, 0.2) is 24.3 Å². The van der Waals surface area contributed by atoms with Gasteiger partial charge in [-0.05, 0) is 26.0 Å². The van der Waals surface area contributed by atoms with E-state index in [9.17, 15) is 9.59 Å². The highest BCUT2D eigenvalue weighted by molar-refractivity contribution is 5.93. The molecule has 0 aliphatic heterocycles. The van der Waals surface area contributed by atoms with Crippen molar-refractivity contribution >= 4 is 17.5 Å². The van der Waals surface area contributed by atoms with Crippen LogP contribution in [0.4, 0.5) is 5.69 Å². The number of amides is 2. The topological polar surface area (TPSA) is 67.9 Å². The molecule has 1 N–H and O–H groups in total. The number of ether oxygens (including phenoxy) is 2. The molecule has 6 nitrogen and oxygen atoms in total. The number of benzene rings is 1. The third-order valence-corrected chi connectivity index (χ3v) is 3.09. The summed E-state index contributed by atoms with van der Waals surface area (Å²) in [6.45, 7) is 6.56. The van der Waals surface area contributed by atoms with Crippen LogP contribution in [0.3, 0.4) is 0 Å². The van der Waals surface area contributed by atoms with Crippen LogP contribution in [0.2, 0.25) is 0 Å². The summed E-state index contributed by atoms with van der Waals surface area (Å²) in [4.78, 5) is 25.3. The molecule has 0 aromatic heterocycles. The molecule has 0 atom stereocenters. The second-order valence-electron chi connectivity index (χ2n) is 5.40. The third kappa shape index (κ3) is 6.69. The Morgan fingerprint density at radius 1 is 1.26 bits per heavy atom. The van der Waals surface area contributed by atoms with Crippen molar-refractivity contribution in [3.8, 4) is 5.75 Å². The molecule has 0 fully saturated rings. The van der Waals surface area contributed by atoms with Crippen molar-refractivity contribution in [2.75, 3.05) is 31.7 Å². The predicted octanol–water partition coefficient (Wildman–Crippen LogP) is 1.98. The fourth-order valence-electron chi connectivity index (χ4n) is 2.08. The lowest BCUT2D eigenvalue weighted by molar-refractivity contribution is -0.121. The number of carbonyl (C=O) groups excluding carboxylic acids is 2. The van der Waals surface area contributed by atoms with Gasteiger partial charge in [0.05, 0.1) is 18.4 Å². The highest BCUT2D eigenvalue weighted by atomic mass is 16.5. The molecule has 0 radical (unpaired) electrons. The lowest BCUT2D eigenvalue weighted by Crippen LogP contribution is -2.35. The van der Waals surface area contributed by atoms with Gasteiger partial charge in [0, 0.05) is 33.5 Å². The quantitative estimate of drug-likeness (QED) is 0.706. The highest BCUT2D eigenvalue weighted by Crippen LogP contribution is 2.29. The van der Waals surface area contributed by atoms with Crippen molar-refractivity contribution in [1.82, 2.24) is 5.32 Å². The number of anilines is 1. The SMILES string of the molecule is COCCNC(=O)CCN(C(C)=O)c1ccccc1OC(C)C. The molecular formula is C17H26N2O4. The van der Waals surface area contributed by atoms with Crippen LogP contribution in [-0.2, 0) is 14.3 Å². The van der Waals surface area contributed by atoms with Crippen molar-refractivity contribution in [2.45, 2.75) is 33.3 Å². The van der Waals surface area contributed by atoms with Gasteiger partial charge in [0.15, 0.2) is 0 Å². The van der Waals surface area contributed by atoms with Crippen LogP contribution in [0.25, 0.3) is 0 Å². The summed E-state index contributed by atoms with van der Waals surface area (Å²) in [5.74, 6) is 0.391. The molecule has 1 aromatic carbocycles. The number of carbonyl (C=O) groups is 2. The van der Waals surface area contributed by atoms with E-state index in [1.165, 1.54) is 6.92 Å². The Balaban J connectivity index is 2.75. The van der Waals surface area contributed by atoms with E-state index < -0.39 is 0 Å². The highest BCUT2D eigenvalue weighted by Gasteiger charge is 2.17. The van der Waals surface area contributed by atoms with Crippen molar-refractivity contribution in [1.29, 1.82) is 0 Å². The van der Waals surface area contributed by atoms with Gasteiger partial charge in [0.25, 0.3) is 0 Å². The normalized spacial score (nSPS) is 10.5. The molecule has 0 aliphatic carbocycles. The molecule has 0 bridgehead atoms. The van der Waals surface area contributed by atoms with Crippen molar-refractivity contribution in [3.63, 3.8) is 0 Å². The van der Waals surface area contributed by atoms with E-state index in [-0.39, 0.29) is 24.3 Å². The molecular weight excluding hydrogens is 296 g/mol. The summed E-state index contributed by atoms with van der Waals surface area (Å²) < 4.78 is 10.6. The maximum atomic E-state index is 12.0. The maximum Gasteiger partial charge on any atom is 0.223 e. The number of rotatable bonds is 9. The molecule has 0 heterocycles. The van der Waals surface area contributed by atoms with Crippen molar-refractivity contribution in [3.05, 3.63) is 24.3 Å². The number of hydrogen-bond donors (Lipinski definition) is 1. The van der Waals surface area contributed by atoms with Crippen molar-refractivity contribution in [2.24, 2.45) is 0 Å². The molecule has 0 saturated heterocycles. The average Bonchev–Trinajstić information content (AvgIpc) is 2.48. The second kappa shape index (κ2) is 9.84. The minimum absolute atomic E-state index is 0.00213. The Morgan fingerprint density at radius 3 is 2.57 bits per heavy atom. The molecule has 1 rings (SSSR count). The Bertz CT molecular complexity index is 517. The Morgan fingerprint density at radius 2 is 1.96 bits per heavy atom. The zero-order valence-corrected chi connectivity index (χ0v) is 14.3. The zero-order valence-electron chi connectivity index (χ0n) is 14.3. The molecule has 0 spiro atoms. The minimum Gasteiger partial charge on any atom is -0.489 e. The van der Waals surface area contributed by atoms with E-state index in [0.717, 1.165) is 0 Å². The van der Waals surface area contributed by atoms with Gasteiger partial charge in [0.2, 0.25) is 11.8 Å². The first-order valence-electron chi connectivity index (χ1n) is 7.75. The Kier molecular flexibility index (Phi) is 8.11. The van der Waals surface area contributed by atoms with E-state index in [4.69, 9.17) is 9.47 Å². The smallest absolute Gasteiger partial charge is 0.223 e. The fraction of sp³-hybridized carbons (Fsp3) is 0.529. The largest absolute Gasteiger partial charge is 0.489 e. The van der Waals surface area contributed by atoms with Crippen LogP contribution in [-0.4, -0.2) is 44.7 Å². The first kappa shape index (κ1) is 19.0. The molecule has 128 valence electrons. The molecule has 0 unspecified atom stereocenters. The monoisotopic (exact) mass is 322 g/mol. The van der Waals surface area contributed by atoms with E-state index in [1.807, 2.05) is 38.1 Å². The lowest BCUT2D eigenvalue weighted by Gasteiger charge is -2.24. The summed E-state index contributed by atoms with van der Waals surface area (Å²) >= 11 is 0. The Labute approximate surface area is 137 Å². The summed E-state index contributed by atoms with van der Waals surface area (Å²) in [5.41, 5.74) is 0.679. The summed E-state index contributed by atoms with van der Waals surface area (Å²) in [5, 5.41) is 2.74. The third-order valence-electron chi connectivity index (χ3n) is 3.09. The van der Waals surface area contributed by atoms with E-state index in [2.05, 4.69) is 5.32 Å². The maximum absolute atomic E-state index is 12.0. The molecule has 23 heavy (non-hydrogen) atoms. The van der Waals surface area contributed by atoms with Crippen LogP contribution < -0.4 is 15.0 Å². The van der Waals surface area contributed by atoms with Gasteiger partial charge in [-0.25, -0.2) is 0 Å². The van der Waals surface area contributed by atoms with Gasteiger partial charge in [0.1, 0.15) is 5.75 Å². The molecule has 0 saturated carbocycles. The average molecular weight is 322 g/mol. The van der Waals surface area contributed by atoms with Crippen LogP contribution in [0.5, 0.6) is 5.75 Å². The standard InChI is InChI=1S/C17H26N2O4/c1-13(2)23-16-8-6-5-7-15(16)19(14(3)20)11-9-17(21)18-10-12-22-4/h5-8,13H,9-12H2,1-4H3,(H,18,21). The number of para-hydroxylation sites is 2. The molecule has 2 amide bonds. The number of methoxy groups -OCH3 is 1. The fourth-order valence-corrected chi connectivity index (χ4v) is 2.08. The summed E-state index contributed by atoms with van der Waals surface area (Å²) in [7, 11) is 1.58. The van der Waals surface area contributed by atoms with Crippen LogP contribution in [0.1, 0.15) is 27.2 Å². The molecule has 6 heteroatoms. The number of nitrogens with one attached hydrogen (secondary N) is 1. The summed E-state index contributed by atoms with van der Waals surface area (Å²) in [6, 6.07) is 7.35. The van der Waals surface area contributed by atoms with Gasteiger partial charge >= 0.3 is 0 Å². The minimum atomic E-state index is -0.130. The summed E-state index contributed by atoms with van der Waals surface area (Å²) in [6.07, 6.45) is 0.224. The van der Waals surface area contributed by atoms with Crippen LogP contribution >= 0.6 is 0 Å². The zero-order chi connectivity index (χ0) is 17.2. The first-order chi connectivity index (χ1) is 11.0. The van der Waals surface area contributed by atoms with Gasteiger partial charge in [-0.1, -0.05) is 12.1 Å². The van der Waals surface area contributed by atoms with E-state index >= 15 is 0 Å². The van der Waals surface area contributed by atoms with E-state index in [0.29, 0.717) is 31.1 Å². The van der Waals surface area contributed by atoms with Crippen LogP contribution in [0, 0.1) is 0 Å². The van der Waals surface area contributed by atoms with Gasteiger partial charge in [-0.15, -0.1) is 0 Å². The van der Waals surface area contributed by atoms with Gasteiger partial charge < -0.3 is 19.7 Å². The van der Waals surface area contributed by atoms with E-state index in [1.54, 1.807) is 12.0 Å². The van der Waals surface area contributed by atoms with Gasteiger partial charge in [-0.3, -0.25) is 9.59 Å². The first-order valence-corrected chi connectivity index (χ1v) is 7.75. The Hall–Kier alpha value is -2.08. The number of nitrogens with zero attached hydrogens (tertiary/aromatic N) is 1. The second-order valence-corrected chi connectivity index (χ2v) is 5.40. The van der Waals surface area contributed by atoms with Crippen molar-refractivity contribution < 1.29 is 19.1 Å². The lowest BCUT2D eigenvalue weighted by atomic mass is 10.2. The van der Waals surface area contributed by atoms with Gasteiger partial charge in [-0.2, -0.15) is 0 Å². The predicted molar refractivity (Wildman–Crippen MR) is 89.7 cm³/mol. The molecule has 1 aromatic rings. The molecule has 0 aliphatic rings. The number of hydrogen-bond acceptors (Lipinski definition) is 4.